The van der Waals surface area contributed by atoms with Gasteiger partial charge in [0.2, 0.25) is 0 Å². The maximum Gasteiger partial charge on any atom is 0.161 e. The molecule has 0 aliphatic carbocycles. The fourth-order valence-electron chi connectivity index (χ4n) is 1.39. The van der Waals surface area contributed by atoms with Crippen LogP contribution in [0.4, 0.5) is 0 Å². The van der Waals surface area contributed by atoms with Crippen molar-refractivity contribution in [2.75, 3.05) is 0 Å². The number of pyridine rings is 1. The van der Waals surface area contributed by atoms with E-state index in [9.17, 15) is 4.79 Å². The Morgan fingerprint density at radius 1 is 1.43 bits per heavy atom. The summed E-state index contributed by atoms with van der Waals surface area (Å²) in [6, 6.07) is 3.58. The van der Waals surface area contributed by atoms with E-state index in [-0.39, 0.29) is 5.78 Å². The molecule has 0 saturated heterocycles. The summed E-state index contributed by atoms with van der Waals surface area (Å²) in [5.41, 5.74) is 1.47. The van der Waals surface area contributed by atoms with Crippen molar-refractivity contribution in [3.8, 4) is 0 Å². The summed E-state index contributed by atoms with van der Waals surface area (Å²) in [6.07, 6.45) is 2.60. The van der Waals surface area contributed by atoms with Crippen LogP contribution in [0.1, 0.15) is 30.0 Å². The Labute approximate surface area is 81.6 Å². The number of carbonyl (C=O) groups is 1. The molecule has 0 unspecified atom stereocenters. The molecule has 0 amide bonds. The summed E-state index contributed by atoms with van der Waals surface area (Å²) in [5, 5.41) is 8.01. The van der Waals surface area contributed by atoms with E-state index in [2.05, 4.69) is 10.2 Å². The lowest BCUT2D eigenvalue weighted by Gasteiger charge is -1.98. The van der Waals surface area contributed by atoms with Gasteiger partial charge in [0.1, 0.15) is 5.82 Å². The van der Waals surface area contributed by atoms with Gasteiger partial charge in [-0.05, 0) is 19.1 Å². The van der Waals surface area contributed by atoms with E-state index >= 15 is 0 Å². The fraction of sp³-hybridized carbons (Fsp3) is 0.300. The van der Waals surface area contributed by atoms with Crippen LogP contribution in [-0.2, 0) is 6.42 Å². The lowest BCUT2D eigenvalue weighted by molar-refractivity contribution is 0.101. The molecule has 2 rings (SSSR count). The molecular weight excluding hydrogens is 178 g/mol. The molecule has 0 bridgehead atoms. The average Bonchev–Trinajstić information content (AvgIpc) is 2.59. The minimum atomic E-state index is 0.0580. The molecule has 0 aliphatic rings. The van der Waals surface area contributed by atoms with Gasteiger partial charge in [0.05, 0.1) is 0 Å². The second kappa shape index (κ2) is 3.21. The van der Waals surface area contributed by atoms with E-state index < -0.39 is 0 Å². The van der Waals surface area contributed by atoms with Crippen molar-refractivity contribution in [1.29, 1.82) is 0 Å². The van der Waals surface area contributed by atoms with E-state index in [4.69, 9.17) is 0 Å². The van der Waals surface area contributed by atoms with Crippen LogP contribution >= 0.6 is 0 Å². The molecule has 0 saturated carbocycles. The van der Waals surface area contributed by atoms with Crippen molar-refractivity contribution >= 4 is 11.4 Å². The van der Waals surface area contributed by atoms with E-state index in [0.717, 1.165) is 17.9 Å². The van der Waals surface area contributed by atoms with E-state index in [1.165, 1.54) is 0 Å². The van der Waals surface area contributed by atoms with Crippen molar-refractivity contribution < 1.29 is 4.79 Å². The van der Waals surface area contributed by atoms with Gasteiger partial charge in [-0.3, -0.25) is 9.20 Å². The molecule has 0 radical (unpaired) electrons. The van der Waals surface area contributed by atoms with Crippen LogP contribution in [0.5, 0.6) is 0 Å². The van der Waals surface area contributed by atoms with Crippen molar-refractivity contribution in [2.45, 2.75) is 20.3 Å². The fourth-order valence-corrected chi connectivity index (χ4v) is 1.39. The number of aryl methyl sites for hydroxylation is 1. The van der Waals surface area contributed by atoms with Gasteiger partial charge in [-0.1, -0.05) is 6.92 Å². The number of nitrogens with zero attached hydrogens (tertiary/aromatic N) is 3. The Kier molecular flexibility index (Phi) is 2.04. The van der Waals surface area contributed by atoms with Gasteiger partial charge in [0.25, 0.3) is 0 Å². The van der Waals surface area contributed by atoms with Gasteiger partial charge in [-0.2, -0.15) is 0 Å². The Hall–Kier alpha value is -1.71. The third-order valence-corrected chi connectivity index (χ3v) is 2.20. The van der Waals surface area contributed by atoms with Crippen LogP contribution in [0.15, 0.2) is 18.3 Å². The molecule has 0 aromatic carbocycles. The first-order valence-corrected chi connectivity index (χ1v) is 4.57. The van der Waals surface area contributed by atoms with Crippen LogP contribution in [0.2, 0.25) is 0 Å². The molecule has 0 fully saturated rings. The molecule has 4 nitrogen and oxygen atoms in total. The zero-order chi connectivity index (χ0) is 10.1. The second-order valence-electron chi connectivity index (χ2n) is 3.17. The second-order valence-corrected chi connectivity index (χ2v) is 3.17. The molecule has 4 heteroatoms. The van der Waals surface area contributed by atoms with Gasteiger partial charge in [0, 0.05) is 18.2 Å². The van der Waals surface area contributed by atoms with Gasteiger partial charge < -0.3 is 0 Å². The standard InChI is InChI=1S/C10H11N3O/c1-3-9-11-12-10-5-4-8(7(2)14)6-13(9)10/h4-6H,3H2,1-2H3. The Morgan fingerprint density at radius 3 is 2.86 bits per heavy atom. The van der Waals surface area contributed by atoms with Gasteiger partial charge in [0.15, 0.2) is 11.4 Å². The average molecular weight is 189 g/mol. The monoisotopic (exact) mass is 189 g/mol. The summed E-state index contributed by atoms with van der Waals surface area (Å²) in [6.45, 7) is 3.56. The number of aromatic nitrogens is 3. The normalized spacial score (nSPS) is 10.7. The first-order valence-electron chi connectivity index (χ1n) is 4.57. The van der Waals surface area contributed by atoms with Crippen LogP contribution < -0.4 is 0 Å². The summed E-state index contributed by atoms with van der Waals surface area (Å²) in [5.74, 6) is 0.936. The molecule has 0 spiro atoms. The summed E-state index contributed by atoms with van der Waals surface area (Å²) < 4.78 is 1.86. The van der Waals surface area contributed by atoms with Crippen molar-refractivity contribution in [2.24, 2.45) is 0 Å². The number of ketones is 1. The largest absolute Gasteiger partial charge is 0.294 e. The highest BCUT2D eigenvalue weighted by molar-refractivity contribution is 5.94. The van der Waals surface area contributed by atoms with Gasteiger partial charge in [-0.25, -0.2) is 0 Å². The van der Waals surface area contributed by atoms with Crippen molar-refractivity contribution in [1.82, 2.24) is 14.6 Å². The third kappa shape index (κ3) is 1.28. The predicted octanol–water partition coefficient (Wildman–Crippen LogP) is 1.49. The highest BCUT2D eigenvalue weighted by Gasteiger charge is 2.05. The Balaban J connectivity index is 2.67. The van der Waals surface area contributed by atoms with E-state index in [0.29, 0.717) is 5.56 Å². The highest BCUT2D eigenvalue weighted by atomic mass is 16.1. The predicted molar refractivity (Wildman–Crippen MR) is 52.4 cm³/mol. The van der Waals surface area contributed by atoms with Crippen LogP contribution in [0.3, 0.4) is 0 Å². The lowest BCUT2D eigenvalue weighted by atomic mass is 10.2. The maximum atomic E-state index is 11.2. The Morgan fingerprint density at radius 2 is 2.21 bits per heavy atom. The minimum absolute atomic E-state index is 0.0580. The molecule has 0 atom stereocenters. The third-order valence-electron chi connectivity index (χ3n) is 2.20. The van der Waals surface area contributed by atoms with Gasteiger partial charge in [-0.15, -0.1) is 10.2 Å². The first kappa shape index (κ1) is 8.87. The topological polar surface area (TPSA) is 47.3 Å². The number of hydrogen-bond donors (Lipinski definition) is 0. The van der Waals surface area contributed by atoms with Crippen molar-refractivity contribution in [3.05, 3.63) is 29.7 Å². The van der Waals surface area contributed by atoms with Crippen LogP contribution in [0.25, 0.3) is 5.65 Å². The molecule has 2 aromatic rings. The van der Waals surface area contributed by atoms with Crippen LogP contribution in [0, 0.1) is 0 Å². The number of fused-ring (bicyclic) bond motifs is 1. The zero-order valence-electron chi connectivity index (χ0n) is 8.19. The van der Waals surface area contributed by atoms with E-state index in [1.807, 2.05) is 17.4 Å². The van der Waals surface area contributed by atoms with E-state index in [1.54, 1.807) is 19.2 Å². The zero-order valence-corrected chi connectivity index (χ0v) is 8.19. The first-order chi connectivity index (χ1) is 6.72. The Bertz CT molecular complexity index is 487. The SMILES string of the molecule is CCc1nnc2ccc(C(C)=O)cn12. The van der Waals surface area contributed by atoms with Crippen LogP contribution in [-0.4, -0.2) is 20.4 Å². The molecule has 0 aliphatic heterocycles. The summed E-state index contributed by atoms with van der Waals surface area (Å²) in [7, 11) is 0. The molecule has 14 heavy (non-hydrogen) atoms. The molecule has 72 valence electrons. The highest BCUT2D eigenvalue weighted by Crippen LogP contribution is 2.07. The number of carbonyl (C=O) groups excluding carboxylic acids is 1. The number of Topliss-reactive ketones (excluding diaryl/α,β-unsaturated/α-hetero) is 1. The molecule has 2 heterocycles. The number of hydrogen-bond acceptors (Lipinski definition) is 3. The smallest absolute Gasteiger partial charge is 0.161 e. The maximum absolute atomic E-state index is 11.2. The molecule has 2 aromatic heterocycles. The number of rotatable bonds is 2. The van der Waals surface area contributed by atoms with Crippen molar-refractivity contribution in [3.63, 3.8) is 0 Å². The quantitative estimate of drug-likeness (QED) is 0.672. The lowest BCUT2D eigenvalue weighted by Crippen LogP contribution is -1.98. The summed E-state index contributed by atoms with van der Waals surface area (Å²) >= 11 is 0. The summed E-state index contributed by atoms with van der Waals surface area (Å²) in [4.78, 5) is 11.2. The molecule has 0 N–H and O–H groups in total. The minimum Gasteiger partial charge on any atom is -0.294 e. The van der Waals surface area contributed by atoms with Gasteiger partial charge >= 0.3 is 0 Å². The molecular formula is C10H11N3O.